The highest BCUT2D eigenvalue weighted by Gasteiger charge is 2.37. The van der Waals surface area contributed by atoms with Gasteiger partial charge in [0.2, 0.25) is 0 Å². The van der Waals surface area contributed by atoms with Crippen molar-refractivity contribution >= 4 is 11.6 Å². The highest BCUT2D eigenvalue weighted by Crippen LogP contribution is 2.36. The van der Waals surface area contributed by atoms with Crippen molar-refractivity contribution in [3.05, 3.63) is 71.5 Å². The van der Waals surface area contributed by atoms with Crippen molar-refractivity contribution in [2.45, 2.75) is 12.4 Å². The molecule has 0 fully saturated rings. The first-order chi connectivity index (χ1) is 13.9. The summed E-state index contributed by atoms with van der Waals surface area (Å²) >= 11 is 0. The van der Waals surface area contributed by atoms with Crippen LogP contribution < -0.4 is 5.32 Å². The van der Waals surface area contributed by atoms with Crippen molar-refractivity contribution in [1.82, 2.24) is 9.97 Å². The summed E-state index contributed by atoms with van der Waals surface area (Å²) in [6, 6.07) is 6.56. The monoisotopic (exact) mass is 427 g/mol. The molecule has 156 valence electrons. The van der Waals surface area contributed by atoms with Gasteiger partial charge in [0.05, 0.1) is 29.2 Å². The van der Waals surface area contributed by atoms with Crippen LogP contribution in [0.2, 0.25) is 0 Å². The average molecular weight is 427 g/mol. The van der Waals surface area contributed by atoms with Crippen LogP contribution in [0, 0.1) is 0 Å². The maximum atomic E-state index is 12.9. The summed E-state index contributed by atoms with van der Waals surface area (Å²) in [4.78, 5) is 20.1. The van der Waals surface area contributed by atoms with Crippen molar-refractivity contribution in [2.75, 3.05) is 5.32 Å². The van der Waals surface area contributed by atoms with Crippen molar-refractivity contribution in [2.24, 2.45) is 0 Å². The Morgan fingerprint density at radius 2 is 1.43 bits per heavy atom. The summed E-state index contributed by atoms with van der Waals surface area (Å²) in [5.41, 5.74) is -3.61. The summed E-state index contributed by atoms with van der Waals surface area (Å²) in [7, 11) is 0. The number of nitrogens with zero attached hydrogens (tertiary/aromatic N) is 2. The van der Waals surface area contributed by atoms with Gasteiger partial charge in [0.1, 0.15) is 5.75 Å². The number of aromatic nitrogens is 2. The van der Waals surface area contributed by atoms with Gasteiger partial charge in [0.25, 0.3) is 5.91 Å². The number of rotatable bonds is 3. The molecule has 1 heterocycles. The second-order valence-electron chi connectivity index (χ2n) is 6.09. The van der Waals surface area contributed by atoms with Crippen LogP contribution in [0.5, 0.6) is 5.75 Å². The zero-order valence-corrected chi connectivity index (χ0v) is 14.7. The molecule has 0 aliphatic rings. The van der Waals surface area contributed by atoms with E-state index in [1.165, 1.54) is 12.1 Å². The van der Waals surface area contributed by atoms with Gasteiger partial charge < -0.3 is 10.4 Å². The Morgan fingerprint density at radius 1 is 0.867 bits per heavy atom. The molecule has 0 radical (unpaired) electrons. The number of alkyl halides is 6. The van der Waals surface area contributed by atoms with Crippen LogP contribution in [0.4, 0.5) is 32.0 Å². The van der Waals surface area contributed by atoms with E-state index in [0.717, 1.165) is 12.4 Å². The maximum absolute atomic E-state index is 12.9. The van der Waals surface area contributed by atoms with Gasteiger partial charge in [-0.2, -0.15) is 26.3 Å². The molecule has 3 aromatic rings. The molecule has 0 saturated carbocycles. The topological polar surface area (TPSA) is 75.1 Å². The fraction of sp³-hybridized carbons (Fsp3) is 0.105. The molecule has 0 spiro atoms. The van der Waals surface area contributed by atoms with Crippen molar-refractivity contribution in [1.29, 1.82) is 0 Å². The molecule has 1 aromatic heterocycles. The fourth-order valence-electron chi connectivity index (χ4n) is 2.48. The SMILES string of the molecule is O=C(Nc1cnc(-c2cccc(O)c2)nc1)c1cc(C(F)(F)F)cc(C(F)(F)F)c1. The molecule has 3 rings (SSSR count). The van der Waals surface area contributed by atoms with E-state index in [0.29, 0.717) is 17.7 Å². The number of hydrogen-bond acceptors (Lipinski definition) is 4. The summed E-state index contributed by atoms with van der Waals surface area (Å²) in [5, 5.41) is 11.6. The highest BCUT2D eigenvalue weighted by atomic mass is 19.4. The van der Waals surface area contributed by atoms with E-state index < -0.39 is 35.0 Å². The Hall–Kier alpha value is -3.63. The number of amides is 1. The molecule has 30 heavy (non-hydrogen) atoms. The first kappa shape index (κ1) is 21.1. The average Bonchev–Trinajstić information content (AvgIpc) is 2.67. The molecule has 0 aliphatic heterocycles. The van der Waals surface area contributed by atoms with E-state index in [2.05, 4.69) is 15.3 Å². The number of carbonyl (C=O) groups excluding carboxylic acids is 1. The Kier molecular flexibility index (Phi) is 5.38. The molecule has 0 unspecified atom stereocenters. The summed E-state index contributed by atoms with van der Waals surface area (Å²) in [5.74, 6) is -1.04. The van der Waals surface area contributed by atoms with E-state index >= 15 is 0 Å². The molecule has 5 nitrogen and oxygen atoms in total. The number of anilines is 1. The third-order valence-corrected chi connectivity index (χ3v) is 3.86. The number of aromatic hydroxyl groups is 1. The van der Waals surface area contributed by atoms with Gasteiger partial charge in [0, 0.05) is 11.1 Å². The van der Waals surface area contributed by atoms with Gasteiger partial charge in [-0.25, -0.2) is 9.97 Å². The smallest absolute Gasteiger partial charge is 0.416 e. The lowest BCUT2D eigenvalue weighted by Gasteiger charge is -2.14. The van der Waals surface area contributed by atoms with Gasteiger partial charge in [0.15, 0.2) is 5.82 Å². The number of halogens is 6. The van der Waals surface area contributed by atoms with Gasteiger partial charge in [-0.3, -0.25) is 4.79 Å². The zero-order chi connectivity index (χ0) is 22.1. The van der Waals surface area contributed by atoms with Crippen LogP contribution in [0.1, 0.15) is 21.5 Å². The lowest BCUT2D eigenvalue weighted by atomic mass is 10.0. The quantitative estimate of drug-likeness (QED) is 0.568. The normalized spacial score (nSPS) is 11.9. The van der Waals surface area contributed by atoms with Gasteiger partial charge in [-0.15, -0.1) is 0 Å². The van der Waals surface area contributed by atoms with E-state index in [-0.39, 0.29) is 23.3 Å². The molecule has 2 aromatic carbocycles. The van der Waals surface area contributed by atoms with Gasteiger partial charge >= 0.3 is 12.4 Å². The third kappa shape index (κ3) is 4.85. The largest absolute Gasteiger partial charge is 0.508 e. The number of carbonyl (C=O) groups is 1. The fourth-order valence-corrected chi connectivity index (χ4v) is 2.48. The third-order valence-electron chi connectivity index (χ3n) is 3.86. The van der Waals surface area contributed by atoms with Crippen molar-refractivity contribution in [3.8, 4) is 17.1 Å². The van der Waals surface area contributed by atoms with E-state index in [1.54, 1.807) is 12.1 Å². The Bertz CT molecular complexity index is 1050. The Labute approximate surface area is 165 Å². The minimum atomic E-state index is -5.07. The predicted molar refractivity (Wildman–Crippen MR) is 93.5 cm³/mol. The molecule has 0 atom stereocenters. The van der Waals surface area contributed by atoms with Crippen molar-refractivity contribution in [3.63, 3.8) is 0 Å². The molecular formula is C19H11F6N3O2. The molecule has 1 amide bonds. The second kappa shape index (κ2) is 7.65. The number of nitrogens with one attached hydrogen (secondary N) is 1. The van der Waals surface area contributed by atoms with Crippen LogP contribution >= 0.6 is 0 Å². The number of benzene rings is 2. The summed E-state index contributed by atoms with van der Waals surface area (Å²) in [6.07, 6.45) is -7.88. The lowest BCUT2D eigenvalue weighted by molar-refractivity contribution is -0.143. The zero-order valence-electron chi connectivity index (χ0n) is 14.7. The number of phenolic OH excluding ortho intramolecular Hbond substituents is 1. The van der Waals surface area contributed by atoms with Crippen LogP contribution in [-0.4, -0.2) is 21.0 Å². The molecule has 0 bridgehead atoms. The number of phenols is 1. The minimum absolute atomic E-state index is 0.0292. The Morgan fingerprint density at radius 3 is 1.93 bits per heavy atom. The van der Waals surface area contributed by atoms with E-state index in [9.17, 15) is 36.2 Å². The van der Waals surface area contributed by atoms with E-state index in [1.807, 2.05) is 0 Å². The molecule has 0 aliphatic carbocycles. The molecular weight excluding hydrogens is 416 g/mol. The maximum Gasteiger partial charge on any atom is 0.416 e. The van der Waals surface area contributed by atoms with Crippen LogP contribution in [0.25, 0.3) is 11.4 Å². The van der Waals surface area contributed by atoms with Crippen LogP contribution in [0.15, 0.2) is 54.9 Å². The van der Waals surface area contributed by atoms with Gasteiger partial charge in [-0.1, -0.05) is 12.1 Å². The van der Waals surface area contributed by atoms with Crippen LogP contribution in [0.3, 0.4) is 0 Å². The highest BCUT2D eigenvalue weighted by molar-refractivity contribution is 6.04. The molecule has 2 N–H and O–H groups in total. The predicted octanol–water partition coefficient (Wildman–Crippen LogP) is 5.14. The molecule has 0 saturated heterocycles. The standard InChI is InChI=1S/C19H11F6N3O2/c20-18(21,22)12-4-11(5-13(7-12)19(23,24)25)17(30)28-14-8-26-16(27-9-14)10-2-1-3-15(29)6-10/h1-9,29H,(H,28,30). The summed E-state index contributed by atoms with van der Waals surface area (Å²) < 4.78 is 77.5. The number of hydrogen-bond donors (Lipinski definition) is 2. The van der Waals surface area contributed by atoms with Crippen LogP contribution in [-0.2, 0) is 12.4 Å². The minimum Gasteiger partial charge on any atom is -0.508 e. The Balaban J connectivity index is 1.87. The second-order valence-corrected chi connectivity index (χ2v) is 6.09. The molecule has 11 heteroatoms. The van der Waals surface area contributed by atoms with Gasteiger partial charge in [-0.05, 0) is 30.3 Å². The first-order valence-corrected chi connectivity index (χ1v) is 8.16. The lowest BCUT2D eigenvalue weighted by Crippen LogP contribution is -2.17. The van der Waals surface area contributed by atoms with E-state index in [4.69, 9.17) is 0 Å². The first-order valence-electron chi connectivity index (χ1n) is 8.16. The summed E-state index contributed by atoms with van der Waals surface area (Å²) in [6.45, 7) is 0. The van der Waals surface area contributed by atoms with Crippen molar-refractivity contribution < 1.29 is 36.2 Å².